The molecule has 0 bridgehead atoms. The molecule has 5 unspecified atom stereocenters. The molecule has 2 saturated carbocycles. The van der Waals surface area contributed by atoms with Gasteiger partial charge in [0.05, 0.1) is 29.4 Å². The Morgan fingerprint density at radius 2 is 1.86 bits per heavy atom. The first-order valence-electron chi connectivity index (χ1n) is 6.91. The van der Waals surface area contributed by atoms with Gasteiger partial charge in [0.15, 0.2) is 0 Å². The molecule has 0 radical (unpaired) electrons. The van der Waals surface area contributed by atoms with Crippen LogP contribution in [0.4, 0.5) is 4.79 Å². The van der Waals surface area contributed by atoms with Gasteiger partial charge in [-0.15, -0.1) is 0 Å². The fourth-order valence-corrected chi connectivity index (χ4v) is 3.57. The van der Waals surface area contributed by atoms with Gasteiger partial charge in [0.25, 0.3) is 0 Å². The molecule has 2 fully saturated rings. The average Bonchev–Trinajstić information content (AvgIpc) is 2.86. The summed E-state index contributed by atoms with van der Waals surface area (Å²) in [7, 11) is 0. The van der Waals surface area contributed by atoms with E-state index in [1.165, 1.54) is 0 Å². The number of aliphatic carboxylic acids is 2. The second-order valence-corrected chi connectivity index (χ2v) is 6.76. The molecule has 0 saturated heterocycles. The molecule has 22 heavy (non-hydrogen) atoms. The number of nitrogens with zero attached hydrogens (tertiary/aromatic N) is 1. The fourth-order valence-electron chi connectivity index (χ4n) is 3.57. The highest BCUT2D eigenvalue weighted by Crippen LogP contribution is 2.66. The molecule has 2 rings (SSSR count). The Kier molecular flexibility index (Phi) is 3.56. The predicted molar refractivity (Wildman–Crippen MR) is 71.6 cm³/mol. The monoisotopic (exact) mass is 310 g/mol. The first kappa shape index (κ1) is 16.1. The molecule has 2 aliphatic rings. The van der Waals surface area contributed by atoms with Crippen LogP contribution in [0.1, 0.15) is 27.2 Å². The molecular formula is C14H18N2O6. The van der Waals surface area contributed by atoms with Crippen molar-refractivity contribution in [3.05, 3.63) is 0 Å². The van der Waals surface area contributed by atoms with Crippen LogP contribution in [0.25, 0.3) is 0 Å². The number of hydrogen-bond acceptors (Lipinski definition) is 5. The van der Waals surface area contributed by atoms with Crippen LogP contribution in [0.15, 0.2) is 0 Å². The molecule has 8 heteroatoms. The topological polar surface area (TPSA) is 137 Å². The van der Waals surface area contributed by atoms with E-state index in [2.05, 4.69) is 5.32 Å². The van der Waals surface area contributed by atoms with Gasteiger partial charge in [-0.05, 0) is 27.2 Å². The quantitative estimate of drug-likeness (QED) is 0.701. The molecule has 5 atom stereocenters. The Labute approximate surface area is 127 Å². The summed E-state index contributed by atoms with van der Waals surface area (Å²) >= 11 is 0. The van der Waals surface area contributed by atoms with Crippen LogP contribution in [-0.4, -0.2) is 39.4 Å². The Balaban J connectivity index is 2.30. The molecular weight excluding hydrogens is 292 g/mol. The van der Waals surface area contributed by atoms with Gasteiger partial charge in [0.1, 0.15) is 5.60 Å². The van der Waals surface area contributed by atoms with E-state index >= 15 is 0 Å². The van der Waals surface area contributed by atoms with Gasteiger partial charge in [-0.1, -0.05) is 0 Å². The highest BCUT2D eigenvalue weighted by molar-refractivity contribution is 5.86. The molecule has 0 aromatic heterocycles. The summed E-state index contributed by atoms with van der Waals surface area (Å²) in [5.41, 5.74) is -2.24. The minimum Gasteiger partial charge on any atom is -0.481 e. The van der Waals surface area contributed by atoms with Crippen LogP contribution in [-0.2, 0) is 14.3 Å². The predicted octanol–water partition coefficient (Wildman–Crippen LogP) is 0.825. The van der Waals surface area contributed by atoms with Crippen LogP contribution in [0.3, 0.4) is 0 Å². The van der Waals surface area contributed by atoms with Crippen LogP contribution < -0.4 is 5.32 Å². The molecule has 1 amide bonds. The van der Waals surface area contributed by atoms with Crippen molar-refractivity contribution in [3.63, 3.8) is 0 Å². The van der Waals surface area contributed by atoms with E-state index in [4.69, 9.17) is 10.00 Å². The van der Waals surface area contributed by atoms with Crippen LogP contribution in [0.2, 0.25) is 0 Å². The lowest BCUT2D eigenvalue weighted by Crippen LogP contribution is -2.49. The maximum atomic E-state index is 12.0. The number of nitrogens with one attached hydrogen (secondary N) is 1. The number of rotatable bonds is 3. The third-order valence-electron chi connectivity index (χ3n) is 4.26. The third kappa shape index (κ3) is 2.36. The van der Waals surface area contributed by atoms with Crippen molar-refractivity contribution in [1.29, 1.82) is 5.26 Å². The summed E-state index contributed by atoms with van der Waals surface area (Å²) in [5.74, 6) is -6.05. The molecule has 0 spiro atoms. The number of fused-ring (bicyclic) bond motifs is 1. The SMILES string of the molecule is CC(C)(C)OC(=O)NC12C(C(=O)O)CC(C#N)C1C2C(=O)O. The van der Waals surface area contributed by atoms with Crippen molar-refractivity contribution < 1.29 is 29.3 Å². The molecule has 0 aliphatic heterocycles. The number of hydrogen-bond donors (Lipinski definition) is 3. The van der Waals surface area contributed by atoms with Crippen molar-refractivity contribution in [2.45, 2.75) is 38.3 Å². The summed E-state index contributed by atoms with van der Waals surface area (Å²) < 4.78 is 5.10. The minimum atomic E-state index is -1.44. The van der Waals surface area contributed by atoms with E-state index in [9.17, 15) is 24.6 Å². The summed E-state index contributed by atoms with van der Waals surface area (Å²) in [6.45, 7) is 4.93. The number of carboxylic acids is 2. The van der Waals surface area contributed by atoms with Gasteiger partial charge in [0, 0.05) is 5.92 Å². The first-order chi connectivity index (χ1) is 10.0. The van der Waals surface area contributed by atoms with Crippen LogP contribution in [0, 0.1) is 35.0 Å². The van der Waals surface area contributed by atoms with Gasteiger partial charge in [0.2, 0.25) is 0 Å². The van der Waals surface area contributed by atoms with Gasteiger partial charge < -0.3 is 20.3 Å². The van der Waals surface area contributed by atoms with Crippen LogP contribution >= 0.6 is 0 Å². The fraction of sp³-hybridized carbons (Fsp3) is 0.714. The maximum Gasteiger partial charge on any atom is 0.408 e. The molecule has 2 aliphatic carbocycles. The van der Waals surface area contributed by atoms with Gasteiger partial charge >= 0.3 is 18.0 Å². The van der Waals surface area contributed by atoms with Crippen molar-refractivity contribution in [2.75, 3.05) is 0 Å². The zero-order chi connectivity index (χ0) is 16.9. The van der Waals surface area contributed by atoms with Gasteiger partial charge in [-0.25, -0.2) is 4.79 Å². The minimum absolute atomic E-state index is 0.0239. The number of carbonyl (C=O) groups is 3. The van der Waals surface area contributed by atoms with Crippen molar-refractivity contribution in [1.82, 2.24) is 5.32 Å². The lowest BCUT2D eigenvalue weighted by molar-refractivity contribution is -0.144. The summed E-state index contributed by atoms with van der Waals surface area (Å²) in [6.07, 6.45) is -0.845. The standard InChI is InChI=1S/C14H18N2O6/c1-13(2,3)22-12(21)16-14-7(10(17)18)4-6(5-15)8(14)9(14)11(19)20/h6-9H,4H2,1-3H3,(H,16,21)(H,17,18)(H,19,20). The highest BCUT2D eigenvalue weighted by atomic mass is 16.6. The Morgan fingerprint density at radius 1 is 1.27 bits per heavy atom. The van der Waals surface area contributed by atoms with E-state index < -0.39 is 52.8 Å². The molecule has 0 heterocycles. The number of carbonyl (C=O) groups excluding carboxylic acids is 1. The summed E-state index contributed by atoms with van der Waals surface area (Å²) in [4.78, 5) is 34.8. The number of nitriles is 1. The number of ether oxygens (including phenoxy) is 1. The summed E-state index contributed by atoms with van der Waals surface area (Å²) in [6, 6.07) is 1.95. The lowest BCUT2D eigenvalue weighted by atomic mass is 9.91. The second-order valence-electron chi connectivity index (χ2n) is 6.76. The maximum absolute atomic E-state index is 12.0. The number of alkyl carbamates (subject to hydrolysis) is 1. The Bertz CT molecular complexity index is 575. The average molecular weight is 310 g/mol. The highest BCUT2D eigenvalue weighted by Gasteiger charge is 2.80. The van der Waals surface area contributed by atoms with E-state index in [0.717, 1.165) is 0 Å². The van der Waals surface area contributed by atoms with E-state index in [-0.39, 0.29) is 6.42 Å². The van der Waals surface area contributed by atoms with E-state index in [0.29, 0.717) is 0 Å². The molecule has 120 valence electrons. The zero-order valence-electron chi connectivity index (χ0n) is 12.5. The van der Waals surface area contributed by atoms with E-state index in [1.807, 2.05) is 6.07 Å². The number of carboxylic acid groups (broad SMARTS) is 2. The second kappa shape index (κ2) is 4.87. The molecule has 0 aromatic rings. The zero-order valence-corrected chi connectivity index (χ0v) is 12.5. The Morgan fingerprint density at radius 3 is 2.27 bits per heavy atom. The van der Waals surface area contributed by atoms with Crippen LogP contribution in [0.5, 0.6) is 0 Å². The third-order valence-corrected chi connectivity index (χ3v) is 4.26. The van der Waals surface area contributed by atoms with Crippen molar-refractivity contribution in [3.8, 4) is 6.07 Å². The largest absolute Gasteiger partial charge is 0.481 e. The van der Waals surface area contributed by atoms with Crippen molar-refractivity contribution in [2.24, 2.45) is 23.7 Å². The van der Waals surface area contributed by atoms with Crippen molar-refractivity contribution >= 4 is 18.0 Å². The Hall–Kier alpha value is -2.30. The molecule has 8 nitrogen and oxygen atoms in total. The molecule has 3 N–H and O–H groups in total. The van der Waals surface area contributed by atoms with E-state index in [1.54, 1.807) is 20.8 Å². The van der Waals surface area contributed by atoms with Gasteiger partial charge in [-0.3, -0.25) is 9.59 Å². The number of amides is 1. The normalized spacial score (nSPS) is 35.9. The summed E-state index contributed by atoms with van der Waals surface area (Å²) in [5, 5.41) is 30.2. The lowest BCUT2D eigenvalue weighted by Gasteiger charge is -2.26. The smallest absolute Gasteiger partial charge is 0.408 e. The molecule has 0 aromatic carbocycles. The van der Waals surface area contributed by atoms with Gasteiger partial charge in [-0.2, -0.15) is 5.26 Å². The first-order valence-corrected chi connectivity index (χ1v) is 6.91.